The maximum atomic E-state index is 12.7. The van der Waals surface area contributed by atoms with Gasteiger partial charge in [0.05, 0.1) is 27.7 Å². The number of fused-ring (bicyclic) bond motifs is 1. The Morgan fingerprint density at radius 3 is 2.56 bits per heavy atom. The lowest BCUT2D eigenvalue weighted by Crippen LogP contribution is -2.34. The number of rotatable bonds is 4. The molecule has 0 atom stereocenters. The van der Waals surface area contributed by atoms with Crippen molar-refractivity contribution in [3.05, 3.63) is 90.6 Å². The third-order valence-corrected chi connectivity index (χ3v) is 6.41. The number of para-hydroxylation sites is 1. The molecule has 4 aromatic rings. The second-order valence-corrected chi connectivity index (χ2v) is 9.64. The molecule has 1 amide bonds. The van der Waals surface area contributed by atoms with E-state index >= 15 is 0 Å². The standard InChI is InChI=1S/C24H15Br2ClN2O4S/c1-32-21-17(9-13(25)10-18(21)26)22(30)29-24(34)28-14-6-7-15(19(27)11-14)16-8-12-4-2-3-5-20(12)33-23(16)31/h2-11H,1H3,(H2,28,29,30,34). The monoisotopic (exact) mass is 620 g/mol. The van der Waals surface area contributed by atoms with Crippen LogP contribution in [0.1, 0.15) is 10.4 Å². The normalized spacial score (nSPS) is 10.7. The fraction of sp³-hybridized carbons (Fsp3) is 0.0417. The van der Waals surface area contributed by atoms with E-state index in [4.69, 9.17) is 33.0 Å². The summed E-state index contributed by atoms with van der Waals surface area (Å²) in [5.41, 5.74) is 1.71. The van der Waals surface area contributed by atoms with E-state index in [1.54, 1.807) is 48.5 Å². The number of anilines is 1. The SMILES string of the molecule is COc1c(Br)cc(Br)cc1C(=O)NC(=S)Nc1ccc(-c2cc3ccccc3oc2=O)c(Cl)c1. The molecule has 4 rings (SSSR count). The van der Waals surface area contributed by atoms with E-state index in [0.717, 1.165) is 5.39 Å². The molecule has 1 heterocycles. The maximum Gasteiger partial charge on any atom is 0.344 e. The summed E-state index contributed by atoms with van der Waals surface area (Å²) in [5.74, 6) is -0.0713. The van der Waals surface area contributed by atoms with Crippen molar-refractivity contribution in [2.75, 3.05) is 12.4 Å². The van der Waals surface area contributed by atoms with Gasteiger partial charge in [-0.05, 0) is 64.5 Å². The van der Waals surface area contributed by atoms with Crippen LogP contribution in [0, 0.1) is 0 Å². The fourth-order valence-electron chi connectivity index (χ4n) is 3.33. The summed E-state index contributed by atoms with van der Waals surface area (Å²) in [4.78, 5) is 25.2. The van der Waals surface area contributed by atoms with E-state index < -0.39 is 11.5 Å². The summed E-state index contributed by atoms with van der Waals surface area (Å²) in [6.45, 7) is 0. The predicted molar refractivity (Wildman–Crippen MR) is 145 cm³/mol. The first-order valence-corrected chi connectivity index (χ1v) is 12.1. The number of methoxy groups -OCH3 is 1. The van der Waals surface area contributed by atoms with E-state index in [1.165, 1.54) is 7.11 Å². The summed E-state index contributed by atoms with van der Waals surface area (Å²) >= 11 is 18.5. The first-order valence-electron chi connectivity index (χ1n) is 9.75. The molecule has 10 heteroatoms. The Hall–Kier alpha value is -2.72. The van der Waals surface area contributed by atoms with Gasteiger partial charge in [-0.25, -0.2) is 4.79 Å². The summed E-state index contributed by atoms with van der Waals surface area (Å²) in [6.07, 6.45) is 0. The molecule has 0 radical (unpaired) electrons. The van der Waals surface area contributed by atoms with E-state index in [2.05, 4.69) is 42.5 Å². The van der Waals surface area contributed by atoms with Crippen molar-refractivity contribution in [3.8, 4) is 16.9 Å². The molecule has 6 nitrogen and oxygen atoms in total. The van der Waals surface area contributed by atoms with Gasteiger partial charge in [0.1, 0.15) is 11.3 Å². The van der Waals surface area contributed by atoms with Crippen molar-refractivity contribution < 1.29 is 13.9 Å². The molecule has 0 saturated heterocycles. The minimum Gasteiger partial charge on any atom is -0.495 e. The molecular formula is C24H15Br2ClN2O4S. The molecule has 2 N–H and O–H groups in total. The van der Waals surface area contributed by atoms with Gasteiger partial charge >= 0.3 is 5.63 Å². The first kappa shape index (κ1) is 24.4. The smallest absolute Gasteiger partial charge is 0.344 e. The lowest BCUT2D eigenvalue weighted by Gasteiger charge is -2.14. The van der Waals surface area contributed by atoms with Crippen LogP contribution in [0.15, 0.2) is 78.8 Å². The third kappa shape index (κ3) is 5.17. The highest BCUT2D eigenvalue weighted by molar-refractivity contribution is 9.11. The summed E-state index contributed by atoms with van der Waals surface area (Å²) in [5, 5.41) is 6.71. The highest BCUT2D eigenvalue weighted by atomic mass is 79.9. The minimum absolute atomic E-state index is 0.0668. The maximum absolute atomic E-state index is 12.7. The Morgan fingerprint density at radius 1 is 1.06 bits per heavy atom. The van der Waals surface area contributed by atoms with E-state index in [0.29, 0.717) is 47.7 Å². The average Bonchev–Trinajstić information content (AvgIpc) is 2.78. The van der Waals surface area contributed by atoms with Gasteiger partial charge in [0.15, 0.2) is 5.11 Å². The van der Waals surface area contributed by atoms with Gasteiger partial charge in [-0.3, -0.25) is 10.1 Å². The Kier molecular flexibility index (Phi) is 7.37. The molecular weight excluding hydrogens is 608 g/mol. The van der Waals surface area contributed by atoms with Crippen LogP contribution < -0.4 is 21.0 Å². The van der Waals surface area contributed by atoms with Gasteiger partial charge in [-0.15, -0.1) is 0 Å². The molecule has 172 valence electrons. The highest BCUT2D eigenvalue weighted by Crippen LogP contribution is 2.33. The van der Waals surface area contributed by atoms with Crippen LogP contribution in [-0.2, 0) is 0 Å². The van der Waals surface area contributed by atoms with Gasteiger partial charge in [0, 0.05) is 21.1 Å². The van der Waals surface area contributed by atoms with Gasteiger partial charge in [-0.2, -0.15) is 0 Å². The quantitative estimate of drug-likeness (QED) is 0.193. The number of carbonyl (C=O) groups excluding carboxylic acids is 1. The van der Waals surface area contributed by atoms with E-state index in [9.17, 15) is 9.59 Å². The van der Waals surface area contributed by atoms with Crippen molar-refractivity contribution in [1.82, 2.24) is 5.32 Å². The van der Waals surface area contributed by atoms with Crippen molar-refractivity contribution in [1.29, 1.82) is 0 Å². The van der Waals surface area contributed by atoms with Crippen molar-refractivity contribution in [2.45, 2.75) is 0 Å². The van der Waals surface area contributed by atoms with Crippen LogP contribution >= 0.6 is 55.7 Å². The predicted octanol–water partition coefficient (Wildman–Crippen LogP) is 6.77. The van der Waals surface area contributed by atoms with E-state index in [1.807, 2.05) is 12.1 Å². The van der Waals surface area contributed by atoms with Crippen LogP contribution in [0.3, 0.4) is 0 Å². The Morgan fingerprint density at radius 2 is 1.82 bits per heavy atom. The fourth-order valence-corrected chi connectivity index (χ4v) is 5.21. The topological polar surface area (TPSA) is 80.6 Å². The average molecular weight is 623 g/mol. The molecule has 0 bridgehead atoms. The number of nitrogens with one attached hydrogen (secondary N) is 2. The number of ether oxygens (including phenoxy) is 1. The van der Waals surface area contributed by atoms with Crippen molar-refractivity contribution in [3.63, 3.8) is 0 Å². The lowest BCUT2D eigenvalue weighted by atomic mass is 10.1. The minimum atomic E-state index is -0.488. The zero-order chi connectivity index (χ0) is 24.4. The number of carbonyl (C=O) groups is 1. The summed E-state index contributed by atoms with van der Waals surface area (Å²) in [6, 6.07) is 17.4. The van der Waals surface area contributed by atoms with Gasteiger partial charge in [0.25, 0.3) is 5.91 Å². The molecule has 34 heavy (non-hydrogen) atoms. The molecule has 0 aliphatic heterocycles. The van der Waals surface area contributed by atoms with Crippen LogP contribution in [0.2, 0.25) is 5.02 Å². The number of benzene rings is 3. The van der Waals surface area contributed by atoms with Crippen LogP contribution in [-0.4, -0.2) is 18.1 Å². The lowest BCUT2D eigenvalue weighted by molar-refractivity contribution is 0.0974. The second kappa shape index (κ2) is 10.3. The van der Waals surface area contributed by atoms with Crippen LogP contribution in [0.4, 0.5) is 5.69 Å². The summed E-state index contributed by atoms with van der Waals surface area (Å²) in [7, 11) is 1.47. The molecule has 0 saturated carbocycles. The van der Waals surface area contributed by atoms with Crippen molar-refractivity contribution >= 4 is 83.4 Å². The largest absolute Gasteiger partial charge is 0.495 e. The first-order chi connectivity index (χ1) is 16.3. The summed E-state index contributed by atoms with van der Waals surface area (Å²) < 4.78 is 12.0. The molecule has 0 aliphatic rings. The highest BCUT2D eigenvalue weighted by Gasteiger charge is 2.18. The Balaban J connectivity index is 1.53. The van der Waals surface area contributed by atoms with Gasteiger partial charge < -0.3 is 14.5 Å². The molecule has 0 fully saturated rings. The Labute approximate surface area is 221 Å². The Bertz CT molecular complexity index is 1510. The number of hydrogen-bond donors (Lipinski definition) is 2. The van der Waals surface area contributed by atoms with Crippen molar-refractivity contribution in [2.24, 2.45) is 0 Å². The van der Waals surface area contributed by atoms with E-state index in [-0.39, 0.29) is 5.11 Å². The molecule has 0 unspecified atom stereocenters. The number of halogens is 3. The second-order valence-electron chi connectivity index (χ2n) is 7.06. The number of thiocarbonyl (C=S) groups is 1. The van der Waals surface area contributed by atoms with Crippen LogP contribution in [0.25, 0.3) is 22.1 Å². The third-order valence-electron chi connectivity index (χ3n) is 4.84. The molecule has 0 aliphatic carbocycles. The molecule has 1 aromatic heterocycles. The number of amides is 1. The van der Waals surface area contributed by atoms with Gasteiger partial charge in [0.2, 0.25) is 0 Å². The zero-order valence-corrected chi connectivity index (χ0v) is 22.2. The number of hydrogen-bond acceptors (Lipinski definition) is 5. The molecule has 3 aromatic carbocycles. The van der Waals surface area contributed by atoms with Gasteiger partial charge in [-0.1, -0.05) is 51.8 Å². The molecule has 0 spiro atoms. The zero-order valence-electron chi connectivity index (χ0n) is 17.4. The van der Waals surface area contributed by atoms with Crippen LogP contribution in [0.5, 0.6) is 5.75 Å².